The Hall–Kier alpha value is -1.18. The second-order valence-corrected chi connectivity index (χ2v) is 7.78. The fraction of sp³-hybridized carbons (Fsp3) is 0.450. The number of piperazine rings is 1. The van der Waals surface area contributed by atoms with E-state index in [1.165, 1.54) is 10.9 Å². The Morgan fingerprint density at radius 3 is 2.50 bits per heavy atom. The Bertz CT molecular complexity index is 736. The van der Waals surface area contributed by atoms with Crippen molar-refractivity contribution in [1.82, 2.24) is 15.1 Å². The lowest BCUT2D eigenvalue weighted by Gasteiger charge is -2.34. The second-order valence-electron chi connectivity index (χ2n) is 6.61. The van der Waals surface area contributed by atoms with Gasteiger partial charge in [-0.25, -0.2) is 4.39 Å². The number of benzene rings is 1. The first kappa shape index (κ1) is 24.9. The third-order valence-corrected chi connectivity index (χ3v) is 5.83. The first-order valence-electron chi connectivity index (χ1n) is 9.15. The molecule has 1 aliphatic rings. The molecule has 2 heterocycles. The first-order valence-corrected chi connectivity index (χ1v) is 9.97. The van der Waals surface area contributed by atoms with Crippen LogP contribution in [0.2, 0.25) is 0 Å². The van der Waals surface area contributed by atoms with Gasteiger partial charge in [0.1, 0.15) is 5.82 Å². The number of halogens is 3. The minimum Gasteiger partial charge on any atom is -0.340 e. The Morgan fingerprint density at radius 1 is 1.11 bits per heavy atom. The average Bonchev–Trinajstić information content (AvgIpc) is 3.11. The average molecular weight is 448 g/mol. The molecule has 1 amide bonds. The van der Waals surface area contributed by atoms with E-state index in [9.17, 15) is 9.18 Å². The fourth-order valence-corrected chi connectivity index (χ4v) is 4.30. The molecule has 1 aromatic heterocycles. The van der Waals surface area contributed by atoms with Crippen molar-refractivity contribution in [3.63, 3.8) is 0 Å². The molecule has 0 saturated carbocycles. The summed E-state index contributed by atoms with van der Waals surface area (Å²) in [7, 11) is 1.91. The third-order valence-electron chi connectivity index (χ3n) is 4.72. The number of amides is 1. The van der Waals surface area contributed by atoms with Crippen molar-refractivity contribution >= 4 is 42.1 Å². The number of nitrogens with one attached hydrogen (secondary N) is 1. The maximum atomic E-state index is 13.9. The lowest BCUT2D eigenvalue weighted by Crippen LogP contribution is -2.48. The van der Waals surface area contributed by atoms with Crippen molar-refractivity contribution in [3.05, 3.63) is 47.1 Å². The molecule has 0 unspecified atom stereocenters. The molecule has 1 aliphatic heterocycles. The highest BCUT2D eigenvalue weighted by Crippen LogP contribution is 2.30. The summed E-state index contributed by atoms with van der Waals surface area (Å²) in [4.78, 5) is 18.7. The number of hydrogen-bond acceptors (Lipinski definition) is 4. The van der Waals surface area contributed by atoms with Crippen LogP contribution >= 0.6 is 36.2 Å². The van der Waals surface area contributed by atoms with Crippen LogP contribution < -0.4 is 5.32 Å². The van der Waals surface area contributed by atoms with Gasteiger partial charge in [0.05, 0.1) is 0 Å². The number of hydrogen-bond donors (Lipinski definition) is 1. The molecule has 4 nitrogen and oxygen atoms in total. The Kier molecular flexibility index (Phi) is 11.0. The maximum absolute atomic E-state index is 13.9. The van der Waals surface area contributed by atoms with Crippen molar-refractivity contribution in [1.29, 1.82) is 0 Å². The number of thiophene rings is 1. The van der Waals surface area contributed by atoms with E-state index in [-0.39, 0.29) is 36.5 Å². The predicted octanol–water partition coefficient (Wildman–Crippen LogP) is 4.04. The summed E-state index contributed by atoms with van der Waals surface area (Å²) in [6.45, 7) is 5.12. The summed E-state index contributed by atoms with van der Waals surface area (Å²) in [5.41, 5.74) is 0.667. The van der Waals surface area contributed by atoms with Gasteiger partial charge >= 0.3 is 0 Å². The standard InChI is InChI=1S/C20H26FN3OS.2ClH/c1-22-10-4-7-20(25)24-13-11-23(12-14-24)15-16-8-9-19(26-16)17-5-2-3-6-18(17)21;;/h2-3,5-6,8-9,22H,4,7,10-15H2,1H3;2*1H. The van der Waals surface area contributed by atoms with Gasteiger partial charge in [-0.05, 0) is 38.2 Å². The third kappa shape index (κ3) is 6.71. The summed E-state index contributed by atoms with van der Waals surface area (Å²) in [6.07, 6.45) is 1.52. The van der Waals surface area contributed by atoms with Crippen molar-refractivity contribution < 1.29 is 9.18 Å². The Balaban J connectivity index is 0.00000196. The molecule has 28 heavy (non-hydrogen) atoms. The van der Waals surface area contributed by atoms with Crippen LogP contribution in [0.15, 0.2) is 36.4 Å². The van der Waals surface area contributed by atoms with Crippen LogP contribution in [0.4, 0.5) is 4.39 Å². The summed E-state index contributed by atoms with van der Waals surface area (Å²) in [6, 6.07) is 11.0. The normalized spacial score (nSPS) is 14.3. The van der Waals surface area contributed by atoms with Gasteiger partial charge in [0.15, 0.2) is 0 Å². The number of carbonyl (C=O) groups is 1. The van der Waals surface area contributed by atoms with Gasteiger partial charge in [-0.2, -0.15) is 0 Å². The Morgan fingerprint density at radius 2 is 1.82 bits per heavy atom. The Labute approximate surface area is 182 Å². The molecule has 1 aromatic carbocycles. The van der Waals surface area contributed by atoms with Crippen LogP contribution in [0, 0.1) is 5.82 Å². The minimum absolute atomic E-state index is 0. The number of nitrogens with zero attached hydrogens (tertiary/aromatic N) is 2. The van der Waals surface area contributed by atoms with Crippen molar-refractivity contribution in [2.45, 2.75) is 19.4 Å². The molecule has 0 spiro atoms. The summed E-state index contributed by atoms with van der Waals surface area (Å²) in [5, 5.41) is 3.08. The van der Waals surface area contributed by atoms with E-state index in [0.717, 1.165) is 50.6 Å². The maximum Gasteiger partial charge on any atom is 0.222 e. The molecule has 1 fully saturated rings. The molecule has 2 aromatic rings. The van der Waals surface area contributed by atoms with Crippen molar-refractivity contribution in [3.8, 4) is 10.4 Å². The van der Waals surface area contributed by atoms with Crippen LogP contribution in [0.3, 0.4) is 0 Å². The van der Waals surface area contributed by atoms with Gasteiger partial charge < -0.3 is 10.2 Å². The largest absolute Gasteiger partial charge is 0.340 e. The molecule has 156 valence electrons. The van der Waals surface area contributed by atoms with Gasteiger partial charge in [-0.15, -0.1) is 36.2 Å². The highest BCUT2D eigenvalue weighted by molar-refractivity contribution is 7.15. The van der Waals surface area contributed by atoms with Gasteiger partial charge in [0.2, 0.25) is 5.91 Å². The smallest absolute Gasteiger partial charge is 0.222 e. The second kappa shape index (κ2) is 12.4. The molecular weight excluding hydrogens is 420 g/mol. The molecular formula is C20H28Cl2FN3OS. The van der Waals surface area contributed by atoms with Gasteiger partial charge in [0.25, 0.3) is 0 Å². The molecule has 0 bridgehead atoms. The SMILES string of the molecule is CNCCCC(=O)N1CCN(Cc2ccc(-c3ccccc3F)s2)CC1.Cl.Cl. The van der Waals surface area contributed by atoms with E-state index in [1.807, 2.05) is 30.1 Å². The van der Waals surface area contributed by atoms with Crippen molar-refractivity contribution in [2.75, 3.05) is 39.8 Å². The van der Waals surface area contributed by atoms with Crippen molar-refractivity contribution in [2.24, 2.45) is 0 Å². The van der Waals surface area contributed by atoms with E-state index < -0.39 is 0 Å². The monoisotopic (exact) mass is 447 g/mol. The van der Waals surface area contributed by atoms with E-state index in [4.69, 9.17) is 0 Å². The first-order chi connectivity index (χ1) is 12.7. The molecule has 0 aliphatic carbocycles. The molecule has 0 radical (unpaired) electrons. The topological polar surface area (TPSA) is 35.6 Å². The summed E-state index contributed by atoms with van der Waals surface area (Å²) in [5.74, 6) is 0.0872. The highest BCUT2D eigenvalue weighted by atomic mass is 35.5. The van der Waals surface area contributed by atoms with Crippen LogP contribution in [0.1, 0.15) is 17.7 Å². The molecule has 3 rings (SSSR count). The molecule has 1 N–H and O–H groups in total. The van der Waals surface area contributed by atoms with Gasteiger partial charge in [-0.1, -0.05) is 18.2 Å². The van der Waals surface area contributed by atoms with Crippen LogP contribution in [-0.2, 0) is 11.3 Å². The van der Waals surface area contributed by atoms with Crippen LogP contribution in [-0.4, -0.2) is 55.5 Å². The van der Waals surface area contributed by atoms with Crippen LogP contribution in [0.5, 0.6) is 0 Å². The molecule has 1 saturated heterocycles. The lowest BCUT2D eigenvalue weighted by molar-refractivity contribution is -0.133. The zero-order chi connectivity index (χ0) is 18.4. The van der Waals surface area contributed by atoms with Gasteiger partial charge in [-0.3, -0.25) is 9.69 Å². The van der Waals surface area contributed by atoms with E-state index in [1.54, 1.807) is 17.4 Å². The van der Waals surface area contributed by atoms with E-state index in [0.29, 0.717) is 12.0 Å². The lowest BCUT2D eigenvalue weighted by atomic mass is 10.2. The number of carbonyl (C=O) groups excluding carboxylic acids is 1. The minimum atomic E-state index is -0.175. The predicted molar refractivity (Wildman–Crippen MR) is 119 cm³/mol. The number of rotatable bonds is 7. The van der Waals surface area contributed by atoms with E-state index in [2.05, 4.69) is 16.3 Å². The summed E-state index contributed by atoms with van der Waals surface area (Å²) < 4.78 is 13.9. The molecule has 8 heteroatoms. The van der Waals surface area contributed by atoms with Gasteiger partial charge in [0, 0.05) is 54.5 Å². The fourth-order valence-electron chi connectivity index (χ4n) is 3.22. The quantitative estimate of drug-likeness (QED) is 0.650. The van der Waals surface area contributed by atoms with Crippen LogP contribution in [0.25, 0.3) is 10.4 Å². The highest BCUT2D eigenvalue weighted by Gasteiger charge is 2.21. The zero-order valence-corrected chi connectivity index (χ0v) is 18.5. The zero-order valence-electron chi connectivity index (χ0n) is 16.0. The summed E-state index contributed by atoms with van der Waals surface area (Å²) >= 11 is 1.65. The van der Waals surface area contributed by atoms with E-state index >= 15 is 0 Å². The molecule has 0 atom stereocenters.